The van der Waals surface area contributed by atoms with Crippen molar-refractivity contribution in [1.29, 1.82) is 0 Å². The first kappa shape index (κ1) is 22.6. The molecule has 0 rings (SSSR count). The summed E-state index contributed by atoms with van der Waals surface area (Å²) in [4.78, 5) is 49.2. The van der Waals surface area contributed by atoms with Gasteiger partial charge in [0, 0.05) is 16.6 Å². The second-order valence-corrected chi connectivity index (χ2v) is 7.47. The second-order valence-electron chi connectivity index (χ2n) is 7.47. The quantitative estimate of drug-likeness (QED) is 0.425. The zero-order chi connectivity index (χ0) is 20.4. The number of carboxylic acids is 1. The third-order valence-electron chi connectivity index (χ3n) is 3.51. The molecular formula is C18H26O7. The molecule has 0 aliphatic carbocycles. The van der Waals surface area contributed by atoms with Crippen LogP contribution in [0.3, 0.4) is 0 Å². The predicted molar refractivity (Wildman–Crippen MR) is 90.4 cm³/mol. The predicted octanol–water partition coefficient (Wildman–Crippen LogP) is 2.65. The van der Waals surface area contributed by atoms with Gasteiger partial charge in [0.25, 0.3) is 0 Å². The molecule has 0 fully saturated rings. The maximum atomic E-state index is 13.1. The summed E-state index contributed by atoms with van der Waals surface area (Å²) in [7, 11) is 0. The van der Waals surface area contributed by atoms with Crippen molar-refractivity contribution in [1.82, 2.24) is 0 Å². The molecule has 0 atom stereocenters. The summed E-state index contributed by atoms with van der Waals surface area (Å²) in [5, 5.41) is 9.61. The van der Waals surface area contributed by atoms with Crippen molar-refractivity contribution >= 4 is 23.7 Å². The maximum Gasteiger partial charge on any atom is 0.336 e. The van der Waals surface area contributed by atoms with Crippen LogP contribution in [0.25, 0.3) is 0 Å². The van der Waals surface area contributed by atoms with E-state index in [-0.39, 0.29) is 11.1 Å². The van der Waals surface area contributed by atoms with Crippen molar-refractivity contribution < 1.29 is 33.8 Å². The molecule has 0 amide bonds. The number of carboxylic acid groups (broad SMARTS) is 1. The highest BCUT2D eigenvalue weighted by Gasteiger charge is 2.64. The highest BCUT2D eigenvalue weighted by Crippen LogP contribution is 2.42. The molecule has 25 heavy (non-hydrogen) atoms. The molecule has 0 spiro atoms. The number of carbonyl (C=O) groups is 4. The van der Waals surface area contributed by atoms with Crippen LogP contribution < -0.4 is 0 Å². The van der Waals surface area contributed by atoms with Crippen molar-refractivity contribution in [2.75, 3.05) is 0 Å². The van der Waals surface area contributed by atoms with Gasteiger partial charge in [-0.05, 0) is 27.7 Å². The first-order chi connectivity index (χ1) is 11.0. The van der Waals surface area contributed by atoms with Gasteiger partial charge in [0.1, 0.15) is 5.41 Å². The van der Waals surface area contributed by atoms with Crippen LogP contribution in [-0.2, 0) is 28.7 Å². The molecule has 1 N–H and O–H groups in total. The van der Waals surface area contributed by atoms with E-state index in [9.17, 15) is 24.3 Å². The summed E-state index contributed by atoms with van der Waals surface area (Å²) in [6.07, 6.45) is 0. The number of rotatable bonds is 7. The Labute approximate surface area is 147 Å². The number of hydrogen-bond donors (Lipinski definition) is 1. The summed E-state index contributed by atoms with van der Waals surface area (Å²) < 4.78 is 10.4. The lowest BCUT2D eigenvalue weighted by Crippen LogP contribution is -2.63. The van der Waals surface area contributed by atoms with Gasteiger partial charge in [-0.3, -0.25) is 9.59 Å². The largest absolute Gasteiger partial charge is 0.481 e. The minimum atomic E-state index is -2.69. The lowest BCUT2D eigenvalue weighted by atomic mass is 9.73. The third kappa shape index (κ3) is 4.55. The van der Waals surface area contributed by atoms with Gasteiger partial charge < -0.3 is 14.6 Å². The third-order valence-corrected chi connectivity index (χ3v) is 3.51. The van der Waals surface area contributed by atoms with Gasteiger partial charge in [-0.1, -0.05) is 33.9 Å². The molecule has 0 aliphatic heterocycles. The average Bonchev–Trinajstić information content (AvgIpc) is 2.43. The molecule has 0 aromatic rings. The van der Waals surface area contributed by atoms with E-state index in [0.717, 1.165) is 13.8 Å². The Morgan fingerprint density at radius 2 is 1.12 bits per heavy atom. The highest BCUT2D eigenvalue weighted by atomic mass is 16.7. The summed E-state index contributed by atoms with van der Waals surface area (Å²) in [5.74, 6) is -7.17. The smallest absolute Gasteiger partial charge is 0.336 e. The standard InChI is InChI=1S/C18H26O7/c1-10(2)12(19)24-18(14(21)16(5,6)7,17(8,9)15(22)23)25-13(20)11(3)4/h1,3H2,2,4-9H3,(H,22,23). The van der Waals surface area contributed by atoms with Gasteiger partial charge in [-0.25, -0.2) is 9.59 Å². The monoisotopic (exact) mass is 354 g/mol. The van der Waals surface area contributed by atoms with Crippen LogP contribution in [0, 0.1) is 10.8 Å². The van der Waals surface area contributed by atoms with Crippen molar-refractivity contribution in [3.63, 3.8) is 0 Å². The van der Waals surface area contributed by atoms with E-state index >= 15 is 0 Å². The minimum absolute atomic E-state index is 0.0846. The van der Waals surface area contributed by atoms with Crippen molar-refractivity contribution in [3.05, 3.63) is 24.3 Å². The van der Waals surface area contributed by atoms with Crippen molar-refractivity contribution in [3.8, 4) is 0 Å². The van der Waals surface area contributed by atoms with Gasteiger partial charge in [0.2, 0.25) is 5.78 Å². The Kier molecular flexibility index (Phi) is 6.50. The molecule has 0 saturated carbocycles. The average molecular weight is 354 g/mol. The molecule has 7 nitrogen and oxygen atoms in total. The molecule has 0 aromatic heterocycles. The summed E-state index contributed by atoms with van der Waals surface area (Å²) in [5.41, 5.74) is -3.43. The SMILES string of the molecule is C=C(C)C(=O)OC(OC(=O)C(=C)C)(C(=O)C(C)(C)C)C(C)(C)C(=O)O. The van der Waals surface area contributed by atoms with Gasteiger partial charge >= 0.3 is 23.7 Å². The number of hydrogen-bond acceptors (Lipinski definition) is 6. The lowest BCUT2D eigenvalue weighted by Gasteiger charge is -2.43. The van der Waals surface area contributed by atoms with Crippen LogP contribution in [0.4, 0.5) is 0 Å². The highest BCUT2D eigenvalue weighted by molar-refractivity contribution is 6.01. The number of Topliss-reactive ketones (excluding diaryl/α,β-unsaturated/α-hetero) is 1. The van der Waals surface area contributed by atoms with E-state index in [1.165, 1.54) is 34.6 Å². The van der Waals surface area contributed by atoms with E-state index in [1.807, 2.05) is 0 Å². The van der Waals surface area contributed by atoms with Gasteiger partial charge in [-0.2, -0.15) is 0 Å². The number of aliphatic carboxylic acids is 1. The van der Waals surface area contributed by atoms with Crippen LogP contribution >= 0.6 is 0 Å². The second kappa shape index (κ2) is 7.21. The van der Waals surface area contributed by atoms with E-state index < -0.39 is 40.3 Å². The number of esters is 2. The van der Waals surface area contributed by atoms with Gasteiger partial charge in [-0.15, -0.1) is 0 Å². The Morgan fingerprint density at radius 3 is 1.32 bits per heavy atom. The first-order valence-electron chi connectivity index (χ1n) is 7.56. The zero-order valence-electron chi connectivity index (χ0n) is 15.8. The van der Waals surface area contributed by atoms with E-state index in [0.29, 0.717) is 0 Å². The Balaban J connectivity index is 6.71. The molecule has 0 aromatic carbocycles. The normalized spacial score (nSPS) is 12.1. The van der Waals surface area contributed by atoms with E-state index in [2.05, 4.69) is 13.2 Å². The first-order valence-corrected chi connectivity index (χ1v) is 7.56. The molecule has 0 unspecified atom stereocenters. The number of ether oxygens (including phenoxy) is 2. The van der Waals surface area contributed by atoms with Crippen LogP contribution in [0.2, 0.25) is 0 Å². The molecule has 0 saturated heterocycles. The fraction of sp³-hybridized carbons (Fsp3) is 0.556. The molecule has 0 heterocycles. The molecule has 7 heteroatoms. The minimum Gasteiger partial charge on any atom is -0.481 e. The van der Waals surface area contributed by atoms with Gasteiger partial charge in [0.05, 0.1) is 0 Å². The molecule has 140 valence electrons. The summed E-state index contributed by atoms with van der Waals surface area (Å²) in [6.45, 7) is 16.2. The van der Waals surface area contributed by atoms with Crippen LogP contribution in [0.1, 0.15) is 48.5 Å². The fourth-order valence-electron chi connectivity index (χ4n) is 1.72. The molecular weight excluding hydrogens is 328 g/mol. The van der Waals surface area contributed by atoms with Crippen LogP contribution in [-0.4, -0.2) is 34.6 Å². The lowest BCUT2D eigenvalue weighted by molar-refractivity contribution is -0.257. The van der Waals surface area contributed by atoms with Gasteiger partial charge in [0.15, 0.2) is 0 Å². The van der Waals surface area contributed by atoms with E-state index in [4.69, 9.17) is 9.47 Å². The Morgan fingerprint density at radius 1 is 0.800 bits per heavy atom. The zero-order valence-corrected chi connectivity index (χ0v) is 15.8. The molecule has 0 radical (unpaired) electrons. The van der Waals surface area contributed by atoms with Crippen molar-refractivity contribution in [2.24, 2.45) is 10.8 Å². The maximum absolute atomic E-state index is 13.1. The Hall–Kier alpha value is -2.44. The topological polar surface area (TPSA) is 107 Å². The van der Waals surface area contributed by atoms with Crippen molar-refractivity contribution in [2.45, 2.75) is 54.3 Å². The fourth-order valence-corrected chi connectivity index (χ4v) is 1.72. The van der Waals surface area contributed by atoms with Crippen LogP contribution in [0.15, 0.2) is 24.3 Å². The summed E-state index contributed by atoms with van der Waals surface area (Å²) in [6, 6.07) is 0. The van der Waals surface area contributed by atoms with Crippen LogP contribution in [0.5, 0.6) is 0 Å². The van der Waals surface area contributed by atoms with E-state index in [1.54, 1.807) is 0 Å². The summed E-state index contributed by atoms with van der Waals surface area (Å²) >= 11 is 0. The number of carbonyl (C=O) groups excluding carboxylic acids is 3. The molecule has 0 aliphatic rings. The number of ketones is 1. The molecule has 0 bridgehead atoms. The Bertz CT molecular complexity index is 604.